The van der Waals surface area contributed by atoms with Crippen LogP contribution in [0.5, 0.6) is 11.5 Å². The maximum atomic E-state index is 11.7. The summed E-state index contributed by atoms with van der Waals surface area (Å²) >= 11 is 6.09. The Morgan fingerprint density at radius 1 is 1.12 bits per heavy atom. The van der Waals surface area contributed by atoms with Crippen LogP contribution < -0.4 is 15.8 Å². The molecule has 1 aliphatic rings. The van der Waals surface area contributed by atoms with E-state index >= 15 is 0 Å². The lowest BCUT2D eigenvalue weighted by Gasteiger charge is -2.11. The first-order valence-electron chi connectivity index (χ1n) is 6.82. The van der Waals surface area contributed by atoms with Crippen LogP contribution in [0.15, 0.2) is 30.3 Å². The molecule has 2 aromatic carbocycles. The van der Waals surface area contributed by atoms with Gasteiger partial charge in [0.2, 0.25) is 0 Å². The molecule has 8 heteroatoms. The van der Waals surface area contributed by atoms with Crippen molar-refractivity contribution in [1.29, 1.82) is 0 Å². The Morgan fingerprint density at radius 2 is 1.79 bits per heavy atom. The number of nitrogen functional groups attached to an aromatic ring is 1. The van der Waals surface area contributed by atoms with E-state index in [0.717, 1.165) is 0 Å². The molecule has 1 heterocycles. The van der Waals surface area contributed by atoms with E-state index in [9.17, 15) is 14.4 Å². The van der Waals surface area contributed by atoms with E-state index in [-0.39, 0.29) is 39.8 Å². The Kier molecular flexibility index (Phi) is 3.86. The molecule has 0 bridgehead atoms. The number of imide groups is 1. The first-order valence-corrected chi connectivity index (χ1v) is 7.20. The second-order valence-electron chi connectivity index (χ2n) is 5.16. The van der Waals surface area contributed by atoms with Crippen molar-refractivity contribution in [3.63, 3.8) is 0 Å². The SMILES string of the molecule is Nc1cc2c(cc1Oc1ccc(CC(=O)O)cc1Cl)C(=O)NC2=O. The number of hydrogen-bond donors (Lipinski definition) is 3. The van der Waals surface area contributed by atoms with E-state index < -0.39 is 17.8 Å². The van der Waals surface area contributed by atoms with E-state index in [1.807, 2.05) is 0 Å². The fourth-order valence-corrected chi connectivity index (χ4v) is 2.57. The lowest BCUT2D eigenvalue weighted by Crippen LogP contribution is -2.19. The molecule has 0 saturated carbocycles. The summed E-state index contributed by atoms with van der Waals surface area (Å²) in [7, 11) is 0. The molecule has 4 N–H and O–H groups in total. The number of aliphatic carboxylic acids is 1. The second kappa shape index (κ2) is 5.86. The standard InChI is InChI=1S/C16H11ClN2O5/c17-10-3-7(4-14(20)21)1-2-12(10)24-13-6-9-8(5-11(13)18)15(22)19-16(9)23/h1-3,5-6H,4,18H2,(H,20,21)(H,19,22,23). The van der Waals surface area contributed by atoms with Crippen LogP contribution in [0, 0.1) is 0 Å². The molecule has 122 valence electrons. The highest BCUT2D eigenvalue weighted by molar-refractivity contribution is 6.32. The Hall–Kier alpha value is -3.06. The molecule has 1 aliphatic heterocycles. The summed E-state index contributed by atoms with van der Waals surface area (Å²) in [6.45, 7) is 0. The number of fused-ring (bicyclic) bond motifs is 1. The molecule has 2 amide bonds. The second-order valence-corrected chi connectivity index (χ2v) is 5.56. The van der Waals surface area contributed by atoms with Crippen molar-refractivity contribution in [3.8, 4) is 11.5 Å². The fourth-order valence-electron chi connectivity index (χ4n) is 2.33. The molecule has 0 saturated heterocycles. The summed E-state index contributed by atoms with van der Waals surface area (Å²) in [6, 6.07) is 7.28. The van der Waals surface area contributed by atoms with Gasteiger partial charge in [-0.3, -0.25) is 19.7 Å². The summed E-state index contributed by atoms with van der Waals surface area (Å²) in [5, 5.41) is 11.1. The summed E-state index contributed by atoms with van der Waals surface area (Å²) in [4.78, 5) is 34.0. The molecule has 0 radical (unpaired) electrons. The van der Waals surface area contributed by atoms with E-state index in [1.165, 1.54) is 24.3 Å². The Morgan fingerprint density at radius 3 is 2.42 bits per heavy atom. The predicted octanol–water partition coefficient (Wildman–Crippen LogP) is 2.23. The van der Waals surface area contributed by atoms with Crippen molar-refractivity contribution < 1.29 is 24.2 Å². The van der Waals surface area contributed by atoms with Crippen molar-refractivity contribution in [1.82, 2.24) is 5.32 Å². The number of carbonyl (C=O) groups excluding carboxylic acids is 2. The molecule has 7 nitrogen and oxygen atoms in total. The van der Waals surface area contributed by atoms with E-state index in [4.69, 9.17) is 27.2 Å². The van der Waals surface area contributed by atoms with Gasteiger partial charge < -0.3 is 15.6 Å². The molecule has 0 atom stereocenters. The predicted molar refractivity (Wildman–Crippen MR) is 85.5 cm³/mol. The number of benzene rings is 2. The van der Waals surface area contributed by atoms with E-state index in [1.54, 1.807) is 6.07 Å². The molecule has 0 spiro atoms. The van der Waals surface area contributed by atoms with Crippen LogP contribution in [0.4, 0.5) is 5.69 Å². The molecule has 24 heavy (non-hydrogen) atoms. The van der Waals surface area contributed by atoms with Crippen LogP contribution in [0.2, 0.25) is 5.02 Å². The number of nitrogens with two attached hydrogens (primary N) is 1. The first kappa shape index (κ1) is 15.8. The topological polar surface area (TPSA) is 119 Å². The molecule has 0 fully saturated rings. The largest absolute Gasteiger partial charge is 0.481 e. The van der Waals surface area contributed by atoms with Crippen molar-refractivity contribution in [3.05, 3.63) is 52.0 Å². The maximum Gasteiger partial charge on any atom is 0.307 e. The van der Waals surface area contributed by atoms with Gasteiger partial charge in [-0.15, -0.1) is 0 Å². The Bertz CT molecular complexity index is 894. The number of anilines is 1. The molecule has 0 aliphatic carbocycles. The minimum atomic E-state index is -0.974. The Balaban J connectivity index is 1.92. The van der Waals surface area contributed by atoms with Gasteiger partial charge in [0, 0.05) is 0 Å². The third-order valence-corrected chi connectivity index (χ3v) is 3.73. The van der Waals surface area contributed by atoms with Gasteiger partial charge in [-0.25, -0.2) is 0 Å². The normalized spacial score (nSPS) is 12.7. The van der Waals surface area contributed by atoms with Crippen LogP contribution in [0.25, 0.3) is 0 Å². The van der Waals surface area contributed by atoms with Crippen molar-refractivity contribution in [2.45, 2.75) is 6.42 Å². The smallest absolute Gasteiger partial charge is 0.307 e. The Labute approximate surface area is 141 Å². The van der Waals surface area contributed by atoms with Crippen LogP contribution in [-0.4, -0.2) is 22.9 Å². The van der Waals surface area contributed by atoms with Crippen LogP contribution in [0.3, 0.4) is 0 Å². The highest BCUT2D eigenvalue weighted by Gasteiger charge is 2.28. The minimum absolute atomic E-state index is 0.163. The number of halogens is 1. The average molecular weight is 347 g/mol. The minimum Gasteiger partial charge on any atom is -0.481 e. The van der Waals surface area contributed by atoms with Gasteiger partial charge in [0.15, 0.2) is 5.75 Å². The van der Waals surface area contributed by atoms with E-state index in [0.29, 0.717) is 5.56 Å². The lowest BCUT2D eigenvalue weighted by molar-refractivity contribution is -0.136. The number of carbonyl (C=O) groups is 3. The summed E-state index contributed by atoms with van der Waals surface area (Å²) < 4.78 is 5.61. The lowest BCUT2D eigenvalue weighted by atomic mass is 10.1. The third-order valence-electron chi connectivity index (χ3n) is 3.44. The fraction of sp³-hybridized carbons (Fsp3) is 0.0625. The third kappa shape index (κ3) is 2.89. The molecule has 0 aromatic heterocycles. The number of rotatable bonds is 4. The monoisotopic (exact) mass is 346 g/mol. The summed E-state index contributed by atoms with van der Waals surface area (Å²) in [5.74, 6) is -1.58. The van der Waals surface area contributed by atoms with Gasteiger partial charge in [-0.1, -0.05) is 17.7 Å². The van der Waals surface area contributed by atoms with Gasteiger partial charge in [-0.2, -0.15) is 0 Å². The molecular weight excluding hydrogens is 336 g/mol. The molecule has 2 aromatic rings. The van der Waals surface area contributed by atoms with Crippen molar-refractivity contribution in [2.75, 3.05) is 5.73 Å². The van der Waals surface area contributed by atoms with Crippen LogP contribution in [0.1, 0.15) is 26.3 Å². The quantitative estimate of drug-likeness (QED) is 0.577. The van der Waals surface area contributed by atoms with Gasteiger partial charge in [0.25, 0.3) is 11.8 Å². The zero-order valence-corrected chi connectivity index (χ0v) is 12.9. The van der Waals surface area contributed by atoms with Gasteiger partial charge in [0.1, 0.15) is 5.75 Å². The first-order chi connectivity index (χ1) is 11.3. The molecule has 3 rings (SSSR count). The highest BCUT2D eigenvalue weighted by Crippen LogP contribution is 2.35. The van der Waals surface area contributed by atoms with Gasteiger partial charge >= 0.3 is 5.97 Å². The summed E-state index contributed by atoms with van der Waals surface area (Å²) in [5.41, 5.74) is 6.91. The number of ether oxygens (including phenoxy) is 1. The zero-order chi connectivity index (χ0) is 17.4. The number of carboxylic acids is 1. The average Bonchev–Trinajstić information content (AvgIpc) is 2.76. The maximum absolute atomic E-state index is 11.7. The van der Waals surface area contributed by atoms with Crippen LogP contribution >= 0.6 is 11.6 Å². The number of carboxylic acid groups (broad SMARTS) is 1. The number of hydrogen-bond acceptors (Lipinski definition) is 5. The van der Waals surface area contributed by atoms with Gasteiger partial charge in [0.05, 0.1) is 28.3 Å². The van der Waals surface area contributed by atoms with Crippen molar-refractivity contribution in [2.24, 2.45) is 0 Å². The number of nitrogens with one attached hydrogen (secondary N) is 1. The van der Waals surface area contributed by atoms with Crippen molar-refractivity contribution >= 4 is 35.1 Å². The number of amides is 2. The molecular formula is C16H11ClN2O5. The zero-order valence-electron chi connectivity index (χ0n) is 12.1. The van der Waals surface area contributed by atoms with Crippen LogP contribution in [-0.2, 0) is 11.2 Å². The summed E-state index contributed by atoms with van der Waals surface area (Å²) in [6.07, 6.45) is -0.163. The van der Waals surface area contributed by atoms with Gasteiger partial charge in [-0.05, 0) is 29.8 Å². The van der Waals surface area contributed by atoms with E-state index in [2.05, 4.69) is 5.32 Å². The molecule has 0 unspecified atom stereocenters. The highest BCUT2D eigenvalue weighted by atomic mass is 35.5.